The van der Waals surface area contributed by atoms with E-state index in [9.17, 15) is 0 Å². The van der Waals surface area contributed by atoms with E-state index in [0.717, 1.165) is 54.8 Å². The number of nitrogens with zero attached hydrogens (tertiary/aromatic N) is 3. The second-order valence-electron chi connectivity index (χ2n) is 9.25. The lowest BCUT2D eigenvalue weighted by Crippen LogP contribution is -2.59. The molecule has 3 aromatic rings. The van der Waals surface area contributed by atoms with E-state index < -0.39 is 0 Å². The minimum absolute atomic E-state index is 0.218. The highest BCUT2D eigenvalue weighted by Gasteiger charge is 2.51. The number of rotatable bonds is 3. The topological polar surface area (TPSA) is 28.1 Å². The predicted octanol–water partition coefficient (Wildman–Crippen LogP) is 6.35. The third-order valence-electron chi connectivity index (χ3n) is 7.22. The van der Waals surface area contributed by atoms with Gasteiger partial charge in [0.05, 0.1) is 11.8 Å². The summed E-state index contributed by atoms with van der Waals surface area (Å²) < 4.78 is 7.87. The quantitative estimate of drug-likeness (QED) is 0.429. The lowest BCUT2D eigenvalue weighted by Gasteiger charge is -2.51. The van der Waals surface area contributed by atoms with Crippen LogP contribution in [0.3, 0.4) is 0 Å². The maximum absolute atomic E-state index is 6.78. The Morgan fingerprint density at radius 3 is 2.66 bits per heavy atom. The number of hydrogen-bond acceptors (Lipinski definition) is 4. The van der Waals surface area contributed by atoms with Crippen LogP contribution < -0.4 is 4.74 Å². The van der Waals surface area contributed by atoms with Crippen molar-refractivity contribution in [2.24, 2.45) is 5.10 Å². The highest BCUT2D eigenvalue weighted by molar-refractivity contribution is 9.10. The fourth-order valence-electron chi connectivity index (χ4n) is 5.57. The van der Waals surface area contributed by atoms with Crippen molar-refractivity contribution in [2.75, 3.05) is 19.6 Å². The summed E-state index contributed by atoms with van der Waals surface area (Å²) in [4.78, 5) is 2.56. The van der Waals surface area contributed by atoms with Crippen LogP contribution in [0.1, 0.15) is 49.8 Å². The molecule has 6 rings (SSSR count). The molecule has 0 bridgehead atoms. The Bertz CT molecular complexity index is 1200. The number of benzene rings is 3. The molecule has 0 N–H and O–H groups in total. The predicted molar refractivity (Wildman–Crippen MR) is 133 cm³/mol. The Hall–Kier alpha value is -2.37. The van der Waals surface area contributed by atoms with Crippen molar-refractivity contribution in [3.8, 4) is 5.75 Å². The molecule has 3 aliphatic rings. The zero-order valence-electron chi connectivity index (χ0n) is 18.4. The van der Waals surface area contributed by atoms with Crippen molar-refractivity contribution >= 4 is 32.4 Å². The van der Waals surface area contributed by atoms with Gasteiger partial charge in [-0.2, -0.15) is 5.10 Å². The first-order valence-electron chi connectivity index (χ1n) is 11.7. The minimum atomic E-state index is -0.353. The highest BCUT2D eigenvalue weighted by Crippen LogP contribution is 2.50. The molecule has 0 amide bonds. The van der Waals surface area contributed by atoms with E-state index in [2.05, 4.69) is 93.4 Å². The number of hydrazone groups is 1. The maximum Gasteiger partial charge on any atom is 0.200 e. The maximum atomic E-state index is 6.78. The fraction of sp³-hybridized carbons (Fsp3) is 0.370. The minimum Gasteiger partial charge on any atom is -0.466 e. The Kier molecular flexibility index (Phi) is 4.99. The molecule has 0 aromatic heterocycles. The average Bonchev–Trinajstić information content (AvgIpc) is 3.28. The molecule has 0 unspecified atom stereocenters. The van der Waals surface area contributed by atoms with E-state index in [-0.39, 0.29) is 11.8 Å². The molecule has 1 atom stereocenters. The van der Waals surface area contributed by atoms with Gasteiger partial charge in [0, 0.05) is 42.4 Å². The standard InChI is InChI=1S/C27H28BrN3O/c1-2-13-30-14-11-27(12-15-30)31-25(23-17-22(28)9-10-26(23)32-27)18-24(29-31)21-8-7-19-5-3-4-6-20(19)16-21/h3-10,16-17,25H,2,11-15,18H2,1H3/t25-/m0/s1. The van der Waals surface area contributed by atoms with Gasteiger partial charge in [-0.1, -0.05) is 59.3 Å². The molecule has 3 heterocycles. The Morgan fingerprint density at radius 2 is 1.84 bits per heavy atom. The number of ether oxygens (including phenoxy) is 1. The smallest absolute Gasteiger partial charge is 0.200 e. The van der Waals surface area contributed by atoms with Crippen LogP contribution in [0.15, 0.2) is 70.2 Å². The molecule has 164 valence electrons. The molecule has 1 fully saturated rings. The van der Waals surface area contributed by atoms with Crippen molar-refractivity contribution in [1.82, 2.24) is 9.91 Å². The van der Waals surface area contributed by atoms with Crippen molar-refractivity contribution in [3.63, 3.8) is 0 Å². The number of likely N-dealkylation sites (tertiary alicyclic amines) is 1. The molecule has 0 radical (unpaired) electrons. The van der Waals surface area contributed by atoms with Crippen LogP contribution in [0.4, 0.5) is 0 Å². The molecule has 3 aliphatic heterocycles. The van der Waals surface area contributed by atoms with Gasteiger partial charge in [-0.3, -0.25) is 0 Å². The molecule has 1 saturated heterocycles. The second kappa shape index (κ2) is 7.89. The summed E-state index contributed by atoms with van der Waals surface area (Å²) in [5.41, 5.74) is 3.26. The summed E-state index contributed by atoms with van der Waals surface area (Å²) in [7, 11) is 0. The first-order chi connectivity index (χ1) is 15.6. The molecule has 5 heteroatoms. The van der Waals surface area contributed by atoms with Gasteiger partial charge in [0.1, 0.15) is 5.75 Å². The van der Waals surface area contributed by atoms with Gasteiger partial charge in [-0.05, 0) is 53.6 Å². The Morgan fingerprint density at radius 1 is 1.03 bits per heavy atom. The van der Waals surface area contributed by atoms with Crippen LogP contribution in [-0.4, -0.2) is 41.0 Å². The third kappa shape index (κ3) is 3.34. The zero-order valence-corrected chi connectivity index (χ0v) is 20.0. The van der Waals surface area contributed by atoms with Crippen LogP contribution in [0.2, 0.25) is 0 Å². The van der Waals surface area contributed by atoms with Crippen LogP contribution in [0, 0.1) is 0 Å². The Labute approximate surface area is 198 Å². The third-order valence-corrected chi connectivity index (χ3v) is 7.71. The van der Waals surface area contributed by atoms with E-state index in [0.29, 0.717) is 0 Å². The van der Waals surface area contributed by atoms with Gasteiger partial charge >= 0.3 is 0 Å². The molecule has 32 heavy (non-hydrogen) atoms. The molecular formula is C27H28BrN3O. The van der Waals surface area contributed by atoms with Crippen molar-refractivity contribution in [2.45, 2.75) is 44.4 Å². The average molecular weight is 490 g/mol. The summed E-state index contributed by atoms with van der Waals surface area (Å²) in [6.07, 6.45) is 4.06. The largest absolute Gasteiger partial charge is 0.466 e. The van der Waals surface area contributed by atoms with Gasteiger partial charge in [-0.25, -0.2) is 5.01 Å². The number of piperidine rings is 1. The lowest BCUT2D eigenvalue weighted by atomic mass is 9.90. The second-order valence-corrected chi connectivity index (χ2v) is 10.2. The Balaban J connectivity index is 1.40. The fourth-order valence-corrected chi connectivity index (χ4v) is 5.95. The first-order valence-corrected chi connectivity index (χ1v) is 12.5. The van der Waals surface area contributed by atoms with E-state index in [1.54, 1.807) is 0 Å². The zero-order chi connectivity index (χ0) is 21.7. The van der Waals surface area contributed by atoms with Crippen molar-refractivity contribution < 1.29 is 4.74 Å². The van der Waals surface area contributed by atoms with Crippen LogP contribution >= 0.6 is 15.9 Å². The van der Waals surface area contributed by atoms with Gasteiger partial charge in [-0.15, -0.1) is 0 Å². The van der Waals surface area contributed by atoms with Crippen molar-refractivity contribution in [1.29, 1.82) is 0 Å². The van der Waals surface area contributed by atoms with Gasteiger partial charge in [0.2, 0.25) is 5.72 Å². The monoisotopic (exact) mass is 489 g/mol. The molecule has 0 aliphatic carbocycles. The van der Waals surface area contributed by atoms with E-state index >= 15 is 0 Å². The van der Waals surface area contributed by atoms with Crippen LogP contribution in [0.5, 0.6) is 5.75 Å². The first kappa shape index (κ1) is 20.3. The summed E-state index contributed by atoms with van der Waals surface area (Å²) >= 11 is 3.67. The number of hydrogen-bond donors (Lipinski definition) is 0. The number of fused-ring (bicyclic) bond motifs is 5. The summed E-state index contributed by atoms with van der Waals surface area (Å²) in [5.74, 6) is 1.02. The summed E-state index contributed by atoms with van der Waals surface area (Å²) in [6, 6.07) is 21.9. The van der Waals surface area contributed by atoms with E-state index in [1.165, 1.54) is 28.3 Å². The van der Waals surface area contributed by atoms with Crippen molar-refractivity contribution in [3.05, 3.63) is 76.3 Å². The lowest BCUT2D eigenvalue weighted by molar-refractivity contribution is -0.149. The SMILES string of the molecule is CCCN1CCC2(CC1)Oc1ccc(Br)cc1[C@@H]1CC(c3ccc4ccccc4c3)=NN12. The van der Waals surface area contributed by atoms with Crippen LogP contribution in [-0.2, 0) is 0 Å². The summed E-state index contributed by atoms with van der Waals surface area (Å²) in [6.45, 7) is 5.54. The molecule has 4 nitrogen and oxygen atoms in total. The van der Waals surface area contributed by atoms with E-state index in [1.807, 2.05) is 0 Å². The normalized spacial score (nSPS) is 21.9. The van der Waals surface area contributed by atoms with Gasteiger partial charge in [0.15, 0.2) is 0 Å². The highest BCUT2D eigenvalue weighted by atomic mass is 79.9. The molecule has 0 saturated carbocycles. The van der Waals surface area contributed by atoms with Crippen LogP contribution in [0.25, 0.3) is 10.8 Å². The molecule has 1 spiro atoms. The van der Waals surface area contributed by atoms with Gasteiger partial charge in [0.25, 0.3) is 0 Å². The molecule has 3 aromatic carbocycles. The number of halogens is 1. The molecular weight excluding hydrogens is 462 g/mol. The summed E-state index contributed by atoms with van der Waals surface area (Å²) in [5, 5.41) is 10.1. The van der Waals surface area contributed by atoms with E-state index in [4.69, 9.17) is 9.84 Å². The van der Waals surface area contributed by atoms with Gasteiger partial charge < -0.3 is 9.64 Å².